The normalized spacial score (nSPS) is 14.1. The van der Waals surface area contributed by atoms with Crippen LogP contribution in [-0.4, -0.2) is 23.3 Å². The van der Waals surface area contributed by atoms with Crippen molar-refractivity contribution in [2.45, 2.75) is 26.3 Å². The standard InChI is InChI=1S/C19H19BrN2O2/c1-13-10-16(7-8-17(13)20)21-19(24)15-5-2-4-14(11-15)12-22-9-3-6-18(22)23/h2,4-5,7-8,10-11H,3,6,9,12H2,1H3,(H,21,24). The molecule has 1 N–H and O–H groups in total. The summed E-state index contributed by atoms with van der Waals surface area (Å²) in [5, 5.41) is 2.92. The van der Waals surface area contributed by atoms with Crippen molar-refractivity contribution >= 4 is 33.4 Å². The van der Waals surface area contributed by atoms with Gasteiger partial charge >= 0.3 is 0 Å². The molecule has 0 unspecified atom stereocenters. The molecule has 0 bridgehead atoms. The second-order valence-electron chi connectivity index (χ2n) is 6.04. The molecule has 0 atom stereocenters. The van der Waals surface area contributed by atoms with Gasteiger partial charge in [-0.3, -0.25) is 9.59 Å². The number of nitrogens with zero attached hydrogens (tertiary/aromatic N) is 1. The highest BCUT2D eigenvalue weighted by Crippen LogP contribution is 2.21. The van der Waals surface area contributed by atoms with Gasteiger partial charge in [-0.25, -0.2) is 0 Å². The first-order valence-electron chi connectivity index (χ1n) is 7.97. The van der Waals surface area contributed by atoms with E-state index in [-0.39, 0.29) is 11.8 Å². The van der Waals surface area contributed by atoms with Gasteiger partial charge in [0.25, 0.3) is 5.91 Å². The smallest absolute Gasteiger partial charge is 0.255 e. The Kier molecular flexibility index (Phi) is 5.00. The molecule has 2 aromatic carbocycles. The molecule has 1 fully saturated rings. The summed E-state index contributed by atoms with van der Waals surface area (Å²) in [4.78, 5) is 26.0. The second kappa shape index (κ2) is 7.18. The number of benzene rings is 2. The summed E-state index contributed by atoms with van der Waals surface area (Å²) in [6, 6.07) is 13.2. The van der Waals surface area contributed by atoms with Crippen LogP contribution in [-0.2, 0) is 11.3 Å². The van der Waals surface area contributed by atoms with Gasteiger partial charge in [0.05, 0.1) is 0 Å². The van der Waals surface area contributed by atoms with Crippen LogP contribution in [0.2, 0.25) is 0 Å². The number of nitrogens with one attached hydrogen (secondary N) is 1. The Morgan fingerprint density at radius 1 is 1.25 bits per heavy atom. The zero-order valence-electron chi connectivity index (χ0n) is 13.5. The number of likely N-dealkylation sites (tertiary alicyclic amines) is 1. The number of halogens is 1. The molecular weight excluding hydrogens is 368 g/mol. The fraction of sp³-hybridized carbons (Fsp3) is 0.263. The van der Waals surface area contributed by atoms with E-state index in [1.807, 2.05) is 48.2 Å². The highest BCUT2D eigenvalue weighted by atomic mass is 79.9. The molecule has 0 radical (unpaired) electrons. The summed E-state index contributed by atoms with van der Waals surface area (Å²) in [6.45, 7) is 3.35. The minimum absolute atomic E-state index is 0.147. The lowest BCUT2D eigenvalue weighted by molar-refractivity contribution is -0.128. The monoisotopic (exact) mass is 386 g/mol. The average Bonchev–Trinajstić information content (AvgIpc) is 2.96. The van der Waals surface area contributed by atoms with E-state index in [2.05, 4.69) is 21.2 Å². The molecule has 1 saturated heterocycles. The minimum atomic E-state index is -0.147. The fourth-order valence-electron chi connectivity index (χ4n) is 2.83. The number of anilines is 1. The van der Waals surface area contributed by atoms with Gasteiger partial charge in [-0.1, -0.05) is 28.1 Å². The molecular formula is C19H19BrN2O2. The molecule has 0 saturated carbocycles. The van der Waals surface area contributed by atoms with Crippen molar-refractivity contribution in [1.82, 2.24) is 4.90 Å². The summed E-state index contributed by atoms with van der Waals surface area (Å²) < 4.78 is 1.01. The van der Waals surface area contributed by atoms with E-state index in [1.54, 1.807) is 6.07 Å². The Balaban J connectivity index is 1.71. The van der Waals surface area contributed by atoms with E-state index in [0.717, 1.165) is 34.3 Å². The summed E-state index contributed by atoms with van der Waals surface area (Å²) >= 11 is 3.45. The predicted octanol–water partition coefficient (Wildman–Crippen LogP) is 4.13. The molecule has 2 amide bonds. The van der Waals surface area contributed by atoms with Crippen molar-refractivity contribution < 1.29 is 9.59 Å². The number of hydrogen-bond donors (Lipinski definition) is 1. The number of rotatable bonds is 4. The van der Waals surface area contributed by atoms with Crippen molar-refractivity contribution in [2.75, 3.05) is 11.9 Å². The van der Waals surface area contributed by atoms with E-state index in [4.69, 9.17) is 0 Å². The molecule has 3 rings (SSSR count). The Hall–Kier alpha value is -2.14. The molecule has 1 aliphatic heterocycles. The van der Waals surface area contributed by atoms with E-state index >= 15 is 0 Å². The molecule has 4 nitrogen and oxygen atoms in total. The Morgan fingerprint density at radius 2 is 2.08 bits per heavy atom. The van der Waals surface area contributed by atoms with Gasteiger partial charge in [0.1, 0.15) is 0 Å². The first-order valence-corrected chi connectivity index (χ1v) is 8.76. The van der Waals surface area contributed by atoms with Gasteiger partial charge < -0.3 is 10.2 Å². The molecule has 24 heavy (non-hydrogen) atoms. The van der Waals surface area contributed by atoms with Crippen LogP contribution in [0, 0.1) is 6.92 Å². The Labute approximate surface area is 150 Å². The summed E-state index contributed by atoms with van der Waals surface area (Å²) in [5.41, 5.74) is 3.40. The lowest BCUT2D eigenvalue weighted by Crippen LogP contribution is -2.24. The molecule has 1 aliphatic rings. The molecule has 5 heteroatoms. The minimum Gasteiger partial charge on any atom is -0.338 e. The molecule has 0 spiro atoms. The van der Waals surface area contributed by atoms with E-state index < -0.39 is 0 Å². The quantitative estimate of drug-likeness (QED) is 0.858. The number of amides is 2. The molecule has 2 aromatic rings. The topological polar surface area (TPSA) is 49.4 Å². The van der Waals surface area contributed by atoms with Gasteiger partial charge in [-0.05, 0) is 54.8 Å². The lowest BCUT2D eigenvalue weighted by atomic mass is 10.1. The van der Waals surface area contributed by atoms with Crippen LogP contribution in [0.25, 0.3) is 0 Å². The largest absolute Gasteiger partial charge is 0.338 e. The second-order valence-corrected chi connectivity index (χ2v) is 6.89. The maximum absolute atomic E-state index is 12.5. The third kappa shape index (κ3) is 3.85. The third-order valence-electron chi connectivity index (χ3n) is 4.15. The van der Waals surface area contributed by atoms with Gasteiger partial charge in [-0.15, -0.1) is 0 Å². The predicted molar refractivity (Wildman–Crippen MR) is 97.9 cm³/mol. The van der Waals surface area contributed by atoms with Crippen LogP contribution in [0.4, 0.5) is 5.69 Å². The molecule has 0 aromatic heterocycles. The maximum Gasteiger partial charge on any atom is 0.255 e. The van der Waals surface area contributed by atoms with Crippen LogP contribution >= 0.6 is 15.9 Å². The maximum atomic E-state index is 12.5. The van der Waals surface area contributed by atoms with E-state index in [9.17, 15) is 9.59 Å². The van der Waals surface area contributed by atoms with Crippen molar-refractivity contribution in [2.24, 2.45) is 0 Å². The zero-order valence-corrected chi connectivity index (χ0v) is 15.1. The van der Waals surface area contributed by atoms with Crippen molar-refractivity contribution in [3.63, 3.8) is 0 Å². The van der Waals surface area contributed by atoms with E-state index in [0.29, 0.717) is 18.5 Å². The zero-order chi connectivity index (χ0) is 17.1. The summed E-state index contributed by atoms with van der Waals surface area (Å²) in [7, 11) is 0. The van der Waals surface area contributed by atoms with Crippen molar-refractivity contribution in [1.29, 1.82) is 0 Å². The summed E-state index contributed by atoms with van der Waals surface area (Å²) in [5.74, 6) is 0.0431. The van der Waals surface area contributed by atoms with Gasteiger partial charge in [0, 0.05) is 35.2 Å². The van der Waals surface area contributed by atoms with Crippen LogP contribution in [0.5, 0.6) is 0 Å². The van der Waals surface area contributed by atoms with Crippen LogP contribution in [0.1, 0.15) is 34.3 Å². The third-order valence-corrected chi connectivity index (χ3v) is 5.04. The van der Waals surface area contributed by atoms with Crippen LogP contribution in [0.15, 0.2) is 46.9 Å². The van der Waals surface area contributed by atoms with Crippen molar-refractivity contribution in [3.05, 3.63) is 63.6 Å². The van der Waals surface area contributed by atoms with E-state index in [1.165, 1.54) is 0 Å². The highest BCUT2D eigenvalue weighted by Gasteiger charge is 2.20. The Bertz CT molecular complexity index is 789. The number of aryl methyl sites for hydroxylation is 1. The summed E-state index contributed by atoms with van der Waals surface area (Å²) in [6.07, 6.45) is 1.55. The SMILES string of the molecule is Cc1cc(NC(=O)c2cccc(CN3CCCC3=O)c2)ccc1Br. The van der Waals surface area contributed by atoms with Crippen LogP contribution in [0.3, 0.4) is 0 Å². The van der Waals surface area contributed by atoms with Gasteiger partial charge in [0.2, 0.25) is 5.91 Å². The van der Waals surface area contributed by atoms with Crippen molar-refractivity contribution in [3.8, 4) is 0 Å². The molecule has 1 heterocycles. The Morgan fingerprint density at radius 3 is 2.79 bits per heavy atom. The van der Waals surface area contributed by atoms with Gasteiger partial charge in [0.15, 0.2) is 0 Å². The molecule has 0 aliphatic carbocycles. The first-order chi connectivity index (χ1) is 11.5. The first kappa shape index (κ1) is 16.7. The van der Waals surface area contributed by atoms with Gasteiger partial charge in [-0.2, -0.15) is 0 Å². The molecule has 124 valence electrons. The highest BCUT2D eigenvalue weighted by molar-refractivity contribution is 9.10. The lowest BCUT2D eigenvalue weighted by Gasteiger charge is -2.16. The average molecular weight is 387 g/mol. The number of carbonyl (C=O) groups excluding carboxylic acids is 2. The number of carbonyl (C=O) groups is 2. The van der Waals surface area contributed by atoms with Crippen LogP contribution < -0.4 is 5.32 Å². The fourth-order valence-corrected chi connectivity index (χ4v) is 3.07. The number of hydrogen-bond acceptors (Lipinski definition) is 2.